The monoisotopic (exact) mass is 104 g/mol. The van der Waals surface area contributed by atoms with Gasteiger partial charge in [0.15, 0.2) is 0 Å². The zero-order valence-electron chi connectivity index (χ0n) is 4.00. The standard InChI is InChI=1S/C5H2N3/c6-3-5-1-2-7-8-4-5/h2,4H. The number of hydrogen-bond acceptors (Lipinski definition) is 3. The Labute approximate surface area is 46.6 Å². The van der Waals surface area contributed by atoms with Crippen molar-refractivity contribution < 1.29 is 0 Å². The van der Waals surface area contributed by atoms with Crippen LogP contribution in [0.1, 0.15) is 5.56 Å². The average molecular weight is 104 g/mol. The maximum absolute atomic E-state index is 8.19. The summed E-state index contributed by atoms with van der Waals surface area (Å²) in [5.74, 6) is 0. The third-order valence-corrected chi connectivity index (χ3v) is 0.652. The zero-order valence-corrected chi connectivity index (χ0v) is 4.00. The van der Waals surface area contributed by atoms with E-state index < -0.39 is 0 Å². The highest BCUT2D eigenvalue weighted by Gasteiger charge is 1.83. The van der Waals surface area contributed by atoms with E-state index >= 15 is 0 Å². The molecule has 0 amide bonds. The van der Waals surface area contributed by atoms with E-state index in [1.165, 1.54) is 12.4 Å². The first-order chi connectivity index (χ1) is 3.93. The van der Waals surface area contributed by atoms with Crippen molar-refractivity contribution in [3.8, 4) is 6.07 Å². The van der Waals surface area contributed by atoms with Crippen molar-refractivity contribution in [2.75, 3.05) is 0 Å². The molecule has 0 bridgehead atoms. The summed E-state index contributed by atoms with van der Waals surface area (Å²) in [5, 5.41) is 15.1. The Morgan fingerprint density at radius 3 is 2.88 bits per heavy atom. The Balaban J connectivity index is 3.05. The van der Waals surface area contributed by atoms with Crippen LogP contribution in [-0.4, -0.2) is 10.2 Å². The molecule has 1 aromatic heterocycles. The van der Waals surface area contributed by atoms with E-state index in [2.05, 4.69) is 16.3 Å². The molecule has 1 rings (SSSR count). The molecule has 8 heavy (non-hydrogen) atoms. The van der Waals surface area contributed by atoms with Gasteiger partial charge >= 0.3 is 0 Å². The van der Waals surface area contributed by atoms with E-state index in [1.54, 1.807) is 0 Å². The second kappa shape index (κ2) is 2.03. The van der Waals surface area contributed by atoms with Crippen LogP contribution in [0.5, 0.6) is 0 Å². The van der Waals surface area contributed by atoms with Gasteiger partial charge in [0.25, 0.3) is 0 Å². The van der Waals surface area contributed by atoms with Crippen LogP contribution < -0.4 is 0 Å². The summed E-state index contributed by atoms with van der Waals surface area (Å²) in [5.41, 5.74) is 0.417. The van der Waals surface area contributed by atoms with E-state index in [9.17, 15) is 0 Å². The molecule has 0 fully saturated rings. The number of hydrogen-bond donors (Lipinski definition) is 0. The van der Waals surface area contributed by atoms with Gasteiger partial charge in [-0.15, -0.1) is 0 Å². The molecule has 0 N–H and O–H groups in total. The second-order valence-electron chi connectivity index (χ2n) is 1.16. The first-order valence-corrected chi connectivity index (χ1v) is 2.02. The molecular weight excluding hydrogens is 102 g/mol. The van der Waals surface area contributed by atoms with Crippen molar-refractivity contribution in [2.45, 2.75) is 0 Å². The highest BCUT2D eigenvalue weighted by molar-refractivity contribution is 5.20. The molecule has 0 aliphatic heterocycles. The van der Waals surface area contributed by atoms with Gasteiger partial charge < -0.3 is 0 Å². The largest absolute Gasteiger partial charge is 0.192 e. The van der Waals surface area contributed by atoms with Crippen molar-refractivity contribution in [1.29, 1.82) is 5.26 Å². The molecule has 0 saturated heterocycles. The van der Waals surface area contributed by atoms with Crippen LogP contribution >= 0.6 is 0 Å². The fraction of sp³-hybridized carbons (Fsp3) is 0. The molecular formula is C5H2N3. The first kappa shape index (κ1) is 4.72. The maximum atomic E-state index is 8.19. The molecule has 0 atom stereocenters. The third kappa shape index (κ3) is 0.793. The second-order valence-corrected chi connectivity index (χ2v) is 1.16. The average Bonchev–Trinajstić information content (AvgIpc) is 1.90. The number of rotatable bonds is 0. The highest BCUT2D eigenvalue weighted by Crippen LogP contribution is 1.85. The normalized spacial score (nSPS) is 7.88. The minimum atomic E-state index is 0.417. The van der Waals surface area contributed by atoms with Gasteiger partial charge in [-0.25, -0.2) is 0 Å². The smallest absolute Gasteiger partial charge is 0.102 e. The summed E-state index contributed by atoms with van der Waals surface area (Å²) in [6.07, 6.45) is 2.72. The van der Waals surface area contributed by atoms with E-state index in [0.29, 0.717) is 5.56 Å². The van der Waals surface area contributed by atoms with Crippen molar-refractivity contribution in [3.05, 3.63) is 24.0 Å². The summed E-state index contributed by atoms with van der Waals surface area (Å²) >= 11 is 0. The van der Waals surface area contributed by atoms with Gasteiger partial charge in [-0.1, -0.05) is 0 Å². The molecule has 0 unspecified atom stereocenters. The Morgan fingerprint density at radius 1 is 1.62 bits per heavy atom. The predicted octanol–water partition coefficient (Wildman–Crippen LogP) is 0.148. The van der Waals surface area contributed by atoms with Crippen molar-refractivity contribution >= 4 is 0 Å². The van der Waals surface area contributed by atoms with Crippen molar-refractivity contribution in [2.24, 2.45) is 0 Å². The van der Waals surface area contributed by atoms with Crippen LogP contribution in [0.3, 0.4) is 0 Å². The predicted molar refractivity (Wildman–Crippen MR) is 25.6 cm³/mol. The minimum absolute atomic E-state index is 0.417. The Hall–Kier alpha value is -1.43. The Bertz CT molecular complexity index is 199. The quantitative estimate of drug-likeness (QED) is 0.470. The molecule has 3 heteroatoms. The number of nitrogens with zero attached hydrogens (tertiary/aromatic N) is 3. The van der Waals surface area contributed by atoms with E-state index in [0.717, 1.165) is 0 Å². The molecule has 1 radical (unpaired) electrons. The summed E-state index contributed by atoms with van der Waals surface area (Å²) < 4.78 is 0. The lowest BCUT2D eigenvalue weighted by Gasteiger charge is -1.77. The summed E-state index contributed by atoms with van der Waals surface area (Å²) in [4.78, 5) is 0. The van der Waals surface area contributed by atoms with Crippen LogP contribution in [0.25, 0.3) is 0 Å². The number of nitriles is 1. The van der Waals surface area contributed by atoms with Crippen molar-refractivity contribution in [1.82, 2.24) is 10.2 Å². The third-order valence-electron chi connectivity index (χ3n) is 0.652. The Morgan fingerprint density at radius 2 is 2.50 bits per heavy atom. The zero-order chi connectivity index (χ0) is 5.82. The Kier molecular flexibility index (Phi) is 1.20. The summed E-state index contributed by atoms with van der Waals surface area (Å²) in [6, 6.07) is 4.45. The van der Waals surface area contributed by atoms with Crippen LogP contribution in [0.4, 0.5) is 0 Å². The maximum Gasteiger partial charge on any atom is 0.102 e. The van der Waals surface area contributed by atoms with Crippen molar-refractivity contribution in [3.63, 3.8) is 0 Å². The molecule has 0 saturated carbocycles. The molecule has 0 aliphatic rings. The molecule has 3 nitrogen and oxygen atoms in total. The minimum Gasteiger partial charge on any atom is -0.192 e. The highest BCUT2D eigenvalue weighted by atomic mass is 15.1. The van der Waals surface area contributed by atoms with Gasteiger partial charge in [0.2, 0.25) is 0 Å². The molecule has 1 heterocycles. The van der Waals surface area contributed by atoms with E-state index in [-0.39, 0.29) is 0 Å². The lowest BCUT2D eigenvalue weighted by molar-refractivity contribution is 1.02. The van der Waals surface area contributed by atoms with Crippen LogP contribution in [0.2, 0.25) is 0 Å². The van der Waals surface area contributed by atoms with Crippen LogP contribution in [-0.2, 0) is 0 Å². The topological polar surface area (TPSA) is 49.6 Å². The lowest BCUT2D eigenvalue weighted by atomic mass is 10.4. The lowest BCUT2D eigenvalue weighted by Crippen LogP contribution is -1.79. The summed E-state index contributed by atoms with van der Waals surface area (Å²) in [7, 11) is 0. The number of aromatic nitrogens is 2. The van der Waals surface area contributed by atoms with Gasteiger partial charge in [0.1, 0.15) is 6.07 Å². The van der Waals surface area contributed by atoms with E-state index in [4.69, 9.17) is 5.26 Å². The van der Waals surface area contributed by atoms with Gasteiger partial charge in [0.05, 0.1) is 18.0 Å². The summed E-state index contributed by atoms with van der Waals surface area (Å²) in [6.45, 7) is 0. The van der Waals surface area contributed by atoms with Gasteiger partial charge in [-0.05, 0) is 0 Å². The van der Waals surface area contributed by atoms with Gasteiger partial charge in [-0.3, -0.25) is 0 Å². The van der Waals surface area contributed by atoms with Crippen LogP contribution in [0.15, 0.2) is 12.4 Å². The van der Waals surface area contributed by atoms with Gasteiger partial charge in [0, 0.05) is 6.07 Å². The van der Waals surface area contributed by atoms with Crippen LogP contribution in [0, 0.1) is 17.4 Å². The SMILES string of the molecule is N#Cc1[c]cnnc1. The molecule has 0 aromatic carbocycles. The molecule has 0 aliphatic carbocycles. The molecule has 37 valence electrons. The molecule has 0 spiro atoms. The first-order valence-electron chi connectivity index (χ1n) is 2.02. The fourth-order valence-electron chi connectivity index (χ4n) is 0.321. The van der Waals surface area contributed by atoms with E-state index in [1.807, 2.05) is 6.07 Å². The fourth-order valence-corrected chi connectivity index (χ4v) is 0.321. The molecule has 1 aromatic rings. The van der Waals surface area contributed by atoms with Gasteiger partial charge in [-0.2, -0.15) is 15.5 Å².